The maximum atomic E-state index is 13.2. The van der Waals surface area contributed by atoms with Gasteiger partial charge in [-0.05, 0) is 24.1 Å². The standard InChI is InChI=1S/C26H37NO12/c1-15(30)36-20-13-21(23(32)34-5)39-24(22(20)37-16(2)31)38-19-7-6-17(14-29)12-18(19)27-25(33)26(3,4)8-10-35-11-9-28/h6-7,12,20-22,24,28-29H,8-11,13-14H2,1-5H3,(H,27,33)/t20-,21-,22+,24+/m0/s1. The number of methoxy groups -OCH3 is 1. The summed E-state index contributed by atoms with van der Waals surface area (Å²) in [5.74, 6) is -2.45. The quantitative estimate of drug-likeness (QED) is 0.180. The number of amides is 1. The lowest BCUT2D eigenvalue weighted by atomic mass is 9.88. The zero-order chi connectivity index (χ0) is 29.2. The molecule has 1 fully saturated rings. The van der Waals surface area contributed by atoms with Gasteiger partial charge < -0.3 is 44.0 Å². The molecule has 1 aromatic rings. The van der Waals surface area contributed by atoms with Crippen molar-refractivity contribution in [1.82, 2.24) is 0 Å². The lowest BCUT2D eigenvalue weighted by molar-refractivity contribution is -0.251. The second-order valence-electron chi connectivity index (χ2n) is 9.50. The molecule has 39 heavy (non-hydrogen) atoms. The Kier molecular flexibility index (Phi) is 12.1. The largest absolute Gasteiger partial charge is 0.467 e. The summed E-state index contributed by atoms with van der Waals surface area (Å²) in [6.45, 7) is 5.70. The Bertz CT molecular complexity index is 1010. The van der Waals surface area contributed by atoms with Gasteiger partial charge >= 0.3 is 17.9 Å². The Balaban J connectivity index is 2.38. The van der Waals surface area contributed by atoms with Crippen LogP contribution >= 0.6 is 0 Å². The number of carbonyl (C=O) groups excluding carboxylic acids is 4. The molecule has 13 heteroatoms. The van der Waals surface area contributed by atoms with Gasteiger partial charge in [0.1, 0.15) is 11.9 Å². The molecule has 1 aliphatic heterocycles. The first-order chi connectivity index (χ1) is 18.4. The van der Waals surface area contributed by atoms with E-state index in [4.69, 9.17) is 33.5 Å². The van der Waals surface area contributed by atoms with E-state index in [-0.39, 0.29) is 50.2 Å². The molecular formula is C26H37NO12. The van der Waals surface area contributed by atoms with Gasteiger partial charge in [-0.15, -0.1) is 0 Å². The van der Waals surface area contributed by atoms with Crippen LogP contribution < -0.4 is 10.1 Å². The van der Waals surface area contributed by atoms with Crippen molar-refractivity contribution < 1.29 is 57.8 Å². The minimum Gasteiger partial charge on any atom is -0.467 e. The fourth-order valence-corrected chi connectivity index (χ4v) is 3.74. The maximum Gasteiger partial charge on any atom is 0.335 e. The molecule has 0 aliphatic carbocycles. The topological polar surface area (TPSA) is 176 Å². The third-order valence-corrected chi connectivity index (χ3v) is 5.90. The third-order valence-electron chi connectivity index (χ3n) is 5.90. The van der Waals surface area contributed by atoms with Gasteiger partial charge in [0, 0.05) is 32.3 Å². The van der Waals surface area contributed by atoms with Gasteiger partial charge in [-0.2, -0.15) is 0 Å². The monoisotopic (exact) mass is 555 g/mol. The van der Waals surface area contributed by atoms with Crippen LogP contribution in [0, 0.1) is 5.41 Å². The minimum atomic E-state index is -1.44. The summed E-state index contributed by atoms with van der Waals surface area (Å²) in [6, 6.07) is 4.51. The molecule has 13 nitrogen and oxygen atoms in total. The van der Waals surface area contributed by atoms with Crippen molar-refractivity contribution in [1.29, 1.82) is 0 Å². The smallest absolute Gasteiger partial charge is 0.335 e. The van der Waals surface area contributed by atoms with Crippen molar-refractivity contribution in [2.75, 3.05) is 32.2 Å². The van der Waals surface area contributed by atoms with Crippen molar-refractivity contribution in [3.63, 3.8) is 0 Å². The second-order valence-corrected chi connectivity index (χ2v) is 9.50. The Morgan fingerprint density at radius 3 is 2.36 bits per heavy atom. The lowest BCUT2D eigenvalue weighted by Gasteiger charge is -2.39. The summed E-state index contributed by atoms with van der Waals surface area (Å²) in [6.07, 6.45) is -4.80. The molecule has 0 spiro atoms. The molecule has 0 saturated carbocycles. The molecule has 1 aliphatic rings. The van der Waals surface area contributed by atoms with E-state index in [1.165, 1.54) is 26.2 Å². The number of benzene rings is 1. The van der Waals surface area contributed by atoms with E-state index in [1.807, 2.05) is 0 Å². The average Bonchev–Trinajstić information content (AvgIpc) is 2.88. The molecule has 0 bridgehead atoms. The Labute approximate surface area is 226 Å². The molecular weight excluding hydrogens is 518 g/mol. The van der Waals surface area contributed by atoms with Crippen molar-refractivity contribution in [3.8, 4) is 5.75 Å². The highest BCUT2D eigenvalue weighted by atomic mass is 16.7. The zero-order valence-corrected chi connectivity index (χ0v) is 22.8. The molecule has 1 heterocycles. The van der Waals surface area contributed by atoms with E-state index < -0.39 is 47.9 Å². The highest BCUT2D eigenvalue weighted by Gasteiger charge is 2.47. The number of rotatable bonds is 13. The van der Waals surface area contributed by atoms with Crippen LogP contribution in [0.3, 0.4) is 0 Å². The van der Waals surface area contributed by atoms with E-state index in [1.54, 1.807) is 19.9 Å². The first-order valence-electron chi connectivity index (χ1n) is 12.4. The fraction of sp³-hybridized carbons (Fsp3) is 0.615. The molecule has 4 atom stereocenters. The van der Waals surface area contributed by atoms with Gasteiger partial charge in [-0.1, -0.05) is 19.9 Å². The van der Waals surface area contributed by atoms with E-state index in [2.05, 4.69) is 5.32 Å². The summed E-state index contributed by atoms with van der Waals surface area (Å²) < 4.78 is 32.5. The number of nitrogens with one attached hydrogen (secondary N) is 1. The Morgan fingerprint density at radius 1 is 1.08 bits per heavy atom. The number of hydrogen-bond acceptors (Lipinski definition) is 12. The SMILES string of the molecule is COC(=O)[C@@H]1C[C@H](OC(C)=O)[C@@H](OC(C)=O)[C@H](Oc2ccc(CO)cc2NC(=O)C(C)(C)CCOCCO)O1. The number of hydrogen-bond donors (Lipinski definition) is 3. The van der Waals surface area contributed by atoms with Gasteiger partial charge in [0.15, 0.2) is 6.10 Å². The van der Waals surface area contributed by atoms with E-state index in [0.717, 1.165) is 6.92 Å². The van der Waals surface area contributed by atoms with Gasteiger partial charge in [0.25, 0.3) is 0 Å². The molecule has 218 valence electrons. The van der Waals surface area contributed by atoms with Crippen LogP contribution in [0.1, 0.15) is 46.1 Å². The summed E-state index contributed by atoms with van der Waals surface area (Å²) in [7, 11) is 1.17. The van der Waals surface area contributed by atoms with Crippen molar-refractivity contribution in [2.24, 2.45) is 5.41 Å². The molecule has 1 saturated heterocycles. The van der Waals surface area contributed by atoms with Gasteiger partial charge in [-0.25, -0.2) is 4.79 Å². The summed E-state index contributed by atoms with van der Waals surface area (Å²) in [5, 5.41) is 21.3. The highest BCUT2D eigenvalue weighted by molar-refractivity contribution is 5.96. The summed E-state index contributed by atoms with van der Waals surface area (Å²) in [5.41, 5.74) is -0.252. The zero-order valence-electron chi connectivity index (χ0n) is 22.8. The molecule has 0 aromatic heterocycles. The fourth-order valence-electron chi connectivity index (χ4n) is 3.74. The summed E-state index contributed by atoms with van der Waals surface area (Å²) >= 11 is 0. The predicted octanol–water partition coefficient (Wildman–Crippen LogP) is 1.07. The lowest BCUT2D eigenvalue weighted by Crippen LogP contribution is -2.55. The van der Waals surface area contributed by atoms with Crippen LogP contribution in [0.25, 0.3) is 0 Å². The number of aliphatic hydroxyl groups excluding tert-OH is 2. The second kappa shape index (κ2) is 14.8. The van der Waals surface area contributed by atoms with E-state index in [0.29, 0.717) is 12.0 Å². The summed E-state index contributed by atoms with van der Waals surface area (Å²) in [4.78, 5) is 49.1. The van der Waals surface area contributed by atoms with Crippen LogP contribution in [0.2, 0.25) is 0 Å². The first-order valence-corrected chi connectivity index (χ1v) is 12.4. The van der Waals surface area contributed by atoms with Crippen LogP contribution in [-0.2, 0) is 49.5 Å². The number of ether oxygens (including phenoxy) is 6. The van der Waals surface area contributed by atoms with Gasteiger partial charge in [-0.3, -0.25) is 14.4 Å². The van der Waals surface area contributed by atoms with Crippen molar-refractivity contribution in [2.45, 2.75) is 71.7 Å². The van der Waals surface area contributed by atoms with Crippen molar-refractivity contribution in [3.05, 3.63) is 23.8 Å². The average molecular weight is 556 g/mol. The highest BCUT2D eigenvalue weighted by Crippen LogP contribution is 2.34. The first kappa shape index (κ1) is 32.0. The molecule has 3 N–H and O–H groups in total. The molecule has 0 unspecified atom stereocenters. The Hall–Kier alpha value is -3.26. The van der Waals surface area contributed by atoms with Crippen molar-refractivity contribution >= 4 is 29.5 Å². The number of esters is 3. The van der Waals surface area contributed by atoms with Gasteiger partial charge in [0.2, 0.25) is 18.3 Å². The minimum absolute atomic E-state index is 0.0714. The third kappa shape index (κ3) is 9.46. The van der Waals surface area contributed by atoms with Crippen LogP contribution in [-0.4, -0.2) is 85.6 Å². The predicted molar refractivity (Wildman–Crippen MR) is 134 cm³/mol. The molecule has 0 radical (unpaired) electrons. The number of carbonyl (C=O) groups is 4. The Morgan fingerprint density at radius 2 is 1.77 bits per heavy atom. The molecule has 1 aromatic carbocycles. The maximum absolute atomic E-state index is 13.2. The van der Waals surface area contributed by atoms with Gasteiger partial charge in [0.05, 0.1) is 32.6 Å². The van der Waals surface area contributed by atoms with Crippen LogP contribution in [0.5, 0.6) is 5.75 Å². The molecule has 2 rings (SSSR count). The van der Waals surface area contributed by atoms with E-state index in [9.17, 15) is 24.3 Å². The molecule has 1 amide bonds. The number of aliphatic hydroxyl groups is 2. The van der Waals surface area contributed by atoms with E-state index >= 15 is 0 Å². The van der Waals surface area contributed by atoms with Crippen LogP contribution in [0.15, 0.2) is 18.2 Å². The van der Waals surface area contributed by atoms with Crippen LogP contribution in [0.4, 0.5) is 5.69 Å². The normalized spacial score (nSPS) is 21.0. The number of anilines is 1.